The van der Waals surface area contributed by atoms with Crippen LogP contribution in [0.2, 0.25) is 0 Å². The van der Waals surface area contributed by atoms with Gasteiger partial charge in [0.05, 0.1) is 17.9 Å². The molecule has 1 N–H and O–H groups in total. The third-order valence-corrected chi connectivity index (χ3v) is 5.70. The van der Waals surface area contributed by atoms with E-state index >= 15 is 0 Å². The first-order valence-electron chi connectivity index (χ1n) is 8.65. The zero-order valence-electron chi connectivity index (χ0n) is 14.4. The number of amides is 1. The molecule has 3 rings (SSSR count). The van der Waals surface area contributed by atoms with Crippen LogP contribution in [0.5, 0.6) is 0 Å². The lowest BCUT2D eigenvalue weighted by molar-refractivity contribution is -0.153. The van der Waals surface area contributed by atoms with Gasteiger partial charge in [-0.05, 0) is 33.1 Å². The Morgan fingerprint density at radius 2 is 2.08 bits per heavy atom. The molecule has 0 spiro atoms. The number of carbonyl (C=O) groups excluding carboxylic acids is 3. The smallest absolute Gasteiger partial charge is 0.407 e. The van der Waals surface area contributed by atoms with Crippen LogP contribution in [0.1, 0.15) is 40.0 Å². The third kappa shape index (κ3) is 2.96. The Balaban J connectivity index is 1.38. The monoisotopic (exact) mass is 339 g/mol. The Bertz CT molecular complexity index is 545. The molecule has 0 aromatic heterocycles. The van der Waals surface area contributed by atoms with Crippen molar-refractivity contribution in [3.63, 3.8) is 0 Å². The Labute approximate surface area is 141 Å². The van der Waals surface area contributed by atoms with E-state index in [0.29, 0.717) is 6.42 Å². The van der Waals surface area contributed by atoms with Crippen molar-refractivity contribution in [1.82, 2.24) is 5.32 Å². The topological polar surface area (TPSA) is 90.9 Å². The van der Waals surface area contributed by atoms with Crippen molar-refractivity contribution in [1.29, 1.82) is 0 Å². The Hall–Kier alpha value is -1.79. The van der Waals surface area contributed by atoms with Crippen molar-refractivity contribution >= 4 is 18.0 Å². The first kappa shape index (κ1) is 17.0. The highest BCUT2D eigenvalue weighted by Gasteiger charge is 2.63. The van der Waals surface area contributed by atoms with Crippen LogP contribution in [0.25, 0.3) is 0 Å². The van der Waals surface area contributed by atoms with Gasteiger partial charge in [-0.1, -0.05) is 6.92 Å². The van der Waals surface area contributed by atoms with E-state index in [1.807, 2.05) is 20.8 Å². The summed E-state index contributed by atoms with van der Waals surface area (Å²) in [6, 6.07) is 0. The molecule has 3 aliphatic rings. The van der Waals surface area contributed by atoms with E-state index in [4.69, 9.17) is 14.2 Å². The molecule has 0 radical (unpaired) electrons. The molecule has 7 heteroatoms. The summed E-state index contributed by atoms with van der Waals surface area (Å²) in [4.78, 5) is 35.4. The predicted octanol–water partition coefficient (Wildman–Crippen LogP) is 1.64. The van der Waals surface area contributed by atoms with E-state index in [1.165, 1.54) is 0 Å². The van der Waals surface area contributed by atoms with E-state index < -0.39 is 11.5 Å². The lowest BCUT2D eigenvalue weighted by Crippen LogP contribution is -2.40. The molecule has 5 atom stereocenters. The zero-order valence-corrected chi connectivity index (χ0v) is 14.4. The molecule has 3 fully saturated rings. The van der Waals surface area contributed by atoms with Gasteiger partial charge in [-0.2, -0.15) is 0 Å². The molecule has 0 aromatic rings. The average Bonchev–Trinajstić information content (AvgIpc) is 3.16. The van der Waals surface area contributed by atoms with E-state index in [2.05, 4.69) is 5.32 Å². The number of fused-ring (bicyclic) bond motifs is 1. The number of ether oxygens (including phenoxy) is 3. The van der Waals surface area contributed by atoms with Gasteiger partial charge < -0.3 is 19.5 Å². The van der Waals surface area contributed by atoms with Crippen molar-refractivity contribution in [2.45, 2.75) is 52.2 Å². The Kier molecular flexibility index (Phi) is 4.44. The number of hydrogen-bond donors (Lipinski definition) is 1. The summed E-state index contributed by atoms with van der Waals surface area (Å²) < 4.78 is 15.9. The fourth-order valence-corrected chi connectivity index (χ4v) is 3.87. The molecular formula is C17H25NO6. The first-order chi connectivity index (χ1) is 11.3. The number of alkyl carbamates (subject to hydrolysis) is 1. The second-order valence-electron chi connectivity index (χ2n) is 7.57. The first-order valence-corrected chi connectivity index (χ1v) is 8.65. The maximum absolute atomic E-state index is 11.9. The second kappa shape index (κ2) is 6.26. The molecule has 2 aliphatic carbocycles. The van der Waals surface area contributed by atoms with Gasteiger partial charge in [0, 0.05) is 11.8 Å². The molecule has 24 heavy (non-hydrogen) atoms. The van der Waals surface area contributed by atoms with E-state index in [0.717, 1.165) is 12.8 Å². The molecule has 134 valence electrons. The van der Waals surface area contributed by atoms with Gasteiger partial charge in [-0.15, -0.1) is 0 Å². The van der Waals surface area contributed by atoms with E-state index in [1.54, 1.807) is 0 Å². The molecule has 0 aromatic carbocycles. The van der Waals surface area contributed by atoms with Crippen LogP contribution < -0.4 is 5.32 Å². The molecule has 1 aliphatic heterocycles. The maximum atomic E-state index is 11.9. The Morgan fingerprint density at radius 1 is 1.33 bits per heavy atom. The van der Waals surface area contributed by atoms with Gasteiger partial charge in [0.2, 0.25) is 0 Å². The Morgan fingerprint density at radius 3 is 2.79 bits per heavy atom. The summed E-state index contributed by atoms with van der Waals surface area (Å²) in [5.41, 5.74) is -0.521. The largest absolute Gasteiger partial charge is 0.463 e. The minimum atomic E-state index is -0.558. The van der Waals surface area contributed by atoms with Crippen LogP contribution in [-0.2, 0) is 23.8 Å². The SMILES string of the molecule is CCC(C)(C)C(=O)OCCNC(=O)OC1C2CC3C(=O)OC1C3C2. The quantitative estimate of drug-likeness (QED) is 0.449. The summed E-state index contributed by atoms with van der Waals surface area (Å²) in [7, 11) is 0. The number of esters is 2. The minimum Gasteiger partial charge on any atom is -0.463 e. The highest BCUT2D eigenvalue weighted by Crippen LogP contribution is 2.55. The summed E-state index contributed by atoms with van der Waals surface area (Å²) in [5, 5.41) is 2.58. The van der Waals surface area contributed by atoms with Gasteiger partial charge in [0.15, 0.2) is 0 Å². The summed E-state index contributed by atoms with van der Waals surface area (Å²) in [5.74, 6) is -0.00575. The number of carbonyl (C=O) groups is 3. The average molecular weight is 339 g/mol. The molecule has 5 unspecified atom stereocenters. The fraction of sp³-hybridized carbons (Fsp3) is 0.824. The zero-order chi connectivity index (χ0) is 17.5. The van der Waals surface area contributed by atoms with Crippen LogP contribution >= 0.6 is 0 Å². The van der Waals surface area contributed by atoms with E-state index in [9.17, 15) is 14.4 Å². The highest BCUT2D eigenvalue weighted by molar-refractivity contribution is 5.77. The third-order valence-electron chi connectivity index (χ3n) is 5.70. The van der Waals surface area contributed by atoms with Gasteiger partial charge in [0.1, 0.15) is 18.8 Å². The van der Waals surface area contributed by atoms with Crippen LogP contribution in [-0.4, -0.2) is 43.4 Å². The molecular weight excluding hydrogens is 314 g/mol. The number of nitrogens with one attached hydrogen (secondary N) is 1. The molecule has 1 saturated heterocycles. The van der Waals surface area contributed by atoms with Crippen LogP contribution in [0, 0.1) is 23.2 Å². The molecule has 2 bridgehead atoms. The van der Waals surface area contributed by atoms with Gasteiger partial charge in [0.25, 0.3) is 0 Å². The van der Waals surface area contributed by atoms with Crippen LogP contribution in [0.15, 0.2) is 0 Å². The maximum Gasteiger partial charge on any atom is 0.407 e. The molecule has 1 heterocycles. The molecule has 1 amide bonds. The minimum absolute atomic E-state index is 0.00393. The van der Waals surface area contributed by atoms with Crippen LogP contribution in [0.3, 0.4) is 0 Å². The number of hydrogen-bond acceptors (Lipinski definition) is 6. The molecule has 2 saturated carbocycles. The lowest BCUT2D eigenvalue weighted by atomic mass is 9.88. The lowest BCUT2D eigenvalue weighted by Gasteiger charge is -2.25. The van der Waals surface area contributed by atoms with Crippen molar-refractivity contribution < 1.29 is 28.6 Å². The fourth-order valence-electron chi connectivity index (χ4n) is 3.87. The standard InChI is InChI=1S/C17H25NO6/c1-4-17(2,3)15(20)22-6-5-18-16(21)24-12-9-7-10-11(8-9)14(19)23-13(10)12/h9-13H,4-8H2,1-3H3,(H,18,21). The van der Waals surface area contributed by atoms with Crippen LogP contribution in [0.4, 0.5) is 4.79 Å². The normalized spacial score (nSPS) is 33.3. The number of rotatable bonds is 6. The van der Waals surface area contributed by atoms with Crippen molar-refractivity contribution in [3.8, 4) is 0 Å². The highest BCUT2D eigenvalue weighted by atomic mass is 16.6. The van der Waals surface area contributed by atoms with Crippen molar-refractivity contribution in [2.24, 2.45) is 23.2 Å². The predicted molar refractivity (Wildman–Crippen MR) is 82.9 cm³/mol. The van der Waals surface area contributed by atoms with Gasteiger partial charge in [-0.3, -0.25) is 9.59 Å². The van der Waals surface area contributed by atoms with Gasteiger partial charge in [-0.25, -0.2) is 4.79 Å². The van der Waals surface area contributed by atoms with Crippen molar-refractivity contribution in [2.75, 3.05) is 13.2 Å². The van der Waals surface area contributed by atoms with Gasteiger partial charge >= 0.3 is 18.0 Å². The summed E-state index contributed by atoms with van der Waals surface area (Å²) >= 11 is 0. The van der Waals surface area contributed by atoms with Crippen molar-refractivity contribution in [3.05, 3.63) is 0 Å². The van der Waals surface area contributed by atoms with E-state index in [-0.39, 0.29) is 55.1 Å². The second-order valence-corrected chi connectivity index (χ2v) is 7.57. The molecule has 7 nitrogen and oxygen atoms in total. The summed E-state index contributed by atoms with van der Waals surface area (Å²) in [6.07, 6.45) is 1.14. The summed E-state index contributed by atoms with van der Waals surface area (Å²) in [6.45, 7) is 5.87.